The number of fused-ring (bicyclic) bond motifs is 1. The third-order valence-corrected chi connectivity index (χ3v) is 5.03. The number of nitrogens with one attached hydrogen (secondary N) is 3. The Bertz CT molecular complexity index is 831. The van der Waals surface area contributed by atoms with Gasteiger partial charge in [0.1, 0.15) is 18.7 Å². The first kappa shape index (κ1) is 26.2. The van der Waals surface area contributed by atoms with Gasteiger partial charge in [-0.25, -0.2) is 4.79 Å². The Morgan fingerprint density at radius 3 is 2.70 bits per heavy atom. The van der Waals surface area contributed by atoms with E-state index in [0.717, 1.165) is 5.56 Å². The largest absolute Gasteiger partial charge is 0.447 e. The predicted octanol–water partition coefficient (Wildman–Crippen LogP) is -0.236. The van der Waals surface area contributed by atoms with Gasteiger partial charge < -0.3 is 30.2 Å². The summed E-state index contributed by atoms with van der Waals surface area (Å²) in [6.07, 6.45) is 1.41. The fourth-order valence-corrected chi connectivity index (χ4v) is 3.24. The van der Waals surface area contributed by atoms with Crippen molar-refractivity contribution < 1.29 is 33.4 Å². The zero-order chi connectivity index (χ0) is 24.2. The van der Waals surface area contributed by atoms with Crippen molar-refractivity contribution in [2.45, 2.75) is 38.8 Å². The molecule has 0 radical (unpaired) electrons. The maximum absolute atomic E-state index is 13.0. The van der Waals surface area contributed by atoms with E-state index in [9.17, 15) is 19.2 Å². The summed E-state index contributed by atoms with van der Waals surface area (Å²) in [5.41, 5.74) is 1.52. The van der Waals surface area contributed by atoms with Gasteiger partial charge in [-0.15, -0.1) is 0 Å². The second-order valence-electron chi connectivity index (χ2n) is 7.85. The molecule has 0 fully saturated rings. The van der Waals surface area contributed by atoms with Crippen molar-refractivity contribution in [3.8, 4) is 0 Å². The van der Waals surface area contributed by atoms with Gasteiger partial charge in [-0.2, -0.15) is 0 Å². The van der Waals surface area contributed by atoms with E-state index in [0.29, 0.717) is 31.9 Å². The van der Waals surface area contributed by atoms with Crippen LogP contribution in [0.4, 0.5) is 4.79 Å². The molecule has 0 saturated carbocycles. The van der Waals surface area contributed by atoms with E-state index >= 15 is 0 Å². The van der Waals surface area contributed by atoms with Crippen LogP contribution < -0.4 is 16.0 Å². The molecule has 1 aliphatic rings. The molecule has 2 unspecified atom stereocenters. The Morgan fingerprint density at radius 2 is 1.97 bits per heavy atom. The van der Waals surface area contributed by atoms with Crippen molar-refractivity contribution in [2.75, 3.05) is 40.1 Å². The first-order chi connectivity index (χ1) is 15.8. The molecule has 2 atom stereocenters. The third kappa shape index (κ3) is 8.43. The lowest BCUT2D eigenvalue weighted by Gasteiger charge is -2.24. The summed E-state index contributed by atoms with van der Waals surface area (Å²) in [6, 6.07) is 1.56. The highest BCUT2D eigenvalue weighted by atomic mass is 16.6. The minimum atomic E-state index is -1.11. The molecule has 33 heavy (non-hydrogen) atoms. The SMILES string of the molecule is COCCOCCOC(=O)NC(C(=O)NC1Cc2ncccc2CCNC(=O)C1=O)C(C)C. The number of carbonyl (C=O) groups excluding carboxylic acids is 4. The fourth-order valence-electron chi connectivity index (χ4n) is 3.24. The monoisotopic (exact) mass is 464 g/mol. The Morgan fingerprint density at radius 1 is 1.21 bits per heavy atom. The van der Waals surface area contributed by atoms with Gasteiger partial charge in [0.05, 0.1) is 19.8 Å². The van der Waals surface area contributed by atoms with Gasteiger partial charge in [0.25, 0.3) is 5.91 Å². The number of hydrogen-bond donors (Lipinski definition) is 3. The number of ketones is 1. The molecule has 1 aromatic heterocycles. The van der Waals surface area contributed by atoms with Crippen LogP contribution in [0.25, 0.3) is 0 Å². The van der Waals surface area contributed by atoms with E-state index < -0.39 is 35.8 Å². The van der Waals surface area contributed by atoms with Gasteiger partial charge in [-0.1, -0.05) is 19.9 Å². The zero-order valence-electron chi connectivity index (χ0n) is 19.2. The summed E-state index contributed by atoms with van der Waals surface area (Å²) >= 11 is 0. The summed E-state index contributed by atoms with van der Waals surface area (Å²) in [4.78, 5) is 54.3. The van der Waals surface area contributed by atoms with E-state index in [1.807, 2.05) is 6.07 Å². The Balaban J connectivity index is 2.01. The molecule has 0 aromatic carbocycles. The number of ether oxygens (including phenoxy) is 3. The highest BCUT2D eigenvalue weighted by molar-refractivity contribution is 6.38. The molecule has 0 aliphatic carbocycles. The maximum atomic E-state index is 13.0. The molecule has 1 aliphatic heterocycles. The first-order valence-electron chi connectivity index (χ1n) is 10.9. The molecular formula is C22H32N4O7. The van der Waals surface area contributed by atoms with Gasteiger partial charge in [0, 0.05) is 32.0 Å². The predicted molar refractivity (Wildman–Crippen MR) is 117 cm³/mol. The number of alkyl carbamates (subject to hydrolysis) is 1. The lowest BCUT2D eigenvalue weighted by molar-refractivity contribution is -0.140. The van der Waals surface area contributed by atoms with Crippen LogP contribution in [-0.2, 0) is 41.4 Å². The molecule has 0 spiro atoms. The molecule has 11 heteroatoms. The molecule has 182 valence electrons. The van der Waals surface area contributed by atoms with Crippen LogP contribution in [0.2, 0.25) is 0 Å². The molecule has 3 N–H and O–H groups in total. The standard InChI is InChI=1S/C22H32N4O7/c1-14(2)18(26-22(30)33-12-11-32-10-9-31-3)20(28)25-17-13-16-15(5-4-7-23-16)6-8-24-21(29)19(17)27/h4-5,7,14,17-18H,6,8-13H2,1-3H3,(H,24,29)(H,25,28)(H,26,30). The Labute approximate surface area is 192 Å². The molecule has 11 nitrogen and oxygen atoms in total. The summed E-state index contributed by atoms with van der Waals surface area (Å²) in [5, 5.41) is 7.69. The zero-order valence-corrected chi connectivity index (χ0v) is 19.2. The van der Waals surface area contributed by atoms with Crippen molar-refractivity contribution in [2.24, 2.45) is 5.92 Å². The van der Waals surface area contributed by atoms with E-state index in [-0.39, 0.29) is 25.6 Å². The van der Waals surface area contributed by atoms with Crippen LogP contribution in [0, 0.1) is 5.92 Å². The first-order valence-corrected chi connectivity index (χ1v) is 10.9. The average Bonchev–Trinajstić information content (AvgIpc) is 2.84. The minimum Gasteiger partial charge on any atom is -0.447 e. The summed E-state index contributed by atoms with van der Waals surface area (Å²) in [6.45, 7) is 4.78. The number of nitrogens with zero attached hydrogens (tertiary/aromatic N) is 1. The smallest absolute Gasteiger partial charge is 0.407 e. The number of hydrogen-bond acceptors (Lipinski definition) is 8. The second kappa shape index (κ2) is 13.5. The van der Waals surface area contributed by atoms with Crippen LogP contribution in [0.3, 0.4) is 0 Å². The van der Waals surface area contributed by atoms with Gasteiger partial charge in [-0.3, -0.25) is 19.4 Å². The molecule has 0 bridgehead atoms. The highest BCUT2D eigenvalue weighted by Gasteiger charge is 2.33. The normalized spacial score (nSPS) is 17.2. The van der Waals surface area contributed by atoms with Crippen LogP contribution in [0.1, 0.15) is 25.1 Å². The molecule has 0 saturated heterocycles. The van der Waals surface area contributed by atoms with Crippen LogP contribution in [0.5, 0.6) is 0 Å². The van der Waals surface area contributed by atoms with Crippen LogP contribution in [-0.4, -0.2) is 80.8 Å². The number of Topliss-reactive ketones (excluding diaryl/α,β-unsaturated/α-hetero) is 1. The number of aromatic nitrogens is 1. The van der Waals surface area contributed by atoms with Crippen molar-refractivity contribution in [1.82, 2.24) is 20.9 Å². The highest BCUT2D eigenvalue weighted by Crippen LogP contribution is 2.12. The van der Waals surface area contributed by atoms with Gasteiger partial charge in [0.15, 0.2) is 0 Å². The quantitative estimate of drug-likeness (QED) is 0.318. The molecular weight excluding hydrogens is 432 g/mol. The maximum Gasteiger partial charge on any atom is 0.407 e. The van der Waals surface area contributed by atoms with Gasteiger partial charge in [0.2, 0.25) is 11.7 Å². The number of methoxy groups -OCH3 is 1. The van der Waals surface area contributed by atoms with E-state index in [4.69, 9.17) is 14.2 Å². The third-order valence-electron chi connectivity index (χ3n) is 5.03. The summed E-state index contributed by atoms with van der Waals surface area (Å²) < 4.78 is 15.1. The molecule has 3 amide bonds. The van der Waals surface area contributed by atoms with Crippen molar-refractivity contribution in [1.29, 1.82) is 0 Å². The van der Waals surface area contributed by atoms with E-state index in [1.54, 1.807) is 33.2 Å². The van der Waals surface area contributed by atoms with Crippen molar-refractivity contribution >= 4 is 23.7 Å². The number of pyridine rings is 1. The van der Waals surface area contributed by atoms with Crippen molar-refractivity contribution in [3.05, 3.63) is 29.6 Å². The topological polar surface area (TPSA) is 145 Å². The van der Waals surface area contributed by atoms with Crippen molar-refractivity contribution in [3.63, 3.8) is 0 Å². The number of carbonyl (C=O) groups is 4. The lowest BCUT2D eigenvalue weighted by atomic mass is 9.99. The number of amides is 3. The number of rotatable bonds is 10. The molecule has 2 heterocycles. The fraction of sp³-hybridized carbons (Fsp3) is 0.591. The average molecular weight is 465 g/mol. The summed E-state index contributed by atoms with van der Waals surface area (Å²) in [5.74, 6) is -2.43. The molecule has 1 aromatic rings. The van der Waals surface area contributed by atoms with E-state index in [2.05, 4.69) is 20.9 Å². The van der Waals surface area contributed by atoms with Crippen LogP contribution in [0.15, 0.2) is 18.3 Å². The summed E-state index contributed by atoms with van der Waals surface area (Å²) in [7, 11) is 1.55. The second-order valence-corrected chi connectivity index (χ2v) is 7.85. The Kier molecular flexibility index (Phi) is 10.7. The minimum absolute atomic E-state index is 0.00567. The molecule has 2 rings (SSSR count). The van der Waals surface area contributed by atoms with Gasteiger partial charge in [-0.05, 0) is 24.0 Å². The lowest BCUT2D eigenvalue weighted by Crippen LogP contribution is -2.56. The van der Waals surface area contributed by atoms with E-state index in [1.165, 1.54) is 0 Å². The Hall–Kier alpha value is -3.05. The van der Waals surface area contributed by atoms with Gasteiger partial charge >= 0.3 is 6.09 Å². The van der Waals surface area contributed by atoms with Crippen LogP contribution >= 0.6 is 0 Å².